The predicted octanol–water partition coefficient (Wildman–Crippen LogP) is 1.45. The predicted molar refractivity (Wildman–Crippen MR) is 74.6 cm³/mol. The van der Waals surface area contributed by atoms with E-state index >= 15 is 0 Å². The van der Waals surface area contributed by atoms with Gasteiger partial charge in [0.15, 0.2) is 0 Å². The van der Waals surface area contributed by atoms with Gasteiger partial charge >= 0.3 is 0 Å². The van der Waals surface area contributed by atoms with Crippen LogP contribution in [0.4, 0.5) is 0 Å². The molecule has 0 aliphatic heterocycles. The van der Waals surface area contributed by atoms with Crippen LogP contribution in [-0.2, 0) is 22.7 Å². The van der Waals surface area contributed by atoms with Crippen molar-refractivity contribution in [1.29, 1.82) is 0 Å². The number of methoxy groups -OCH3 is 1. The molecule has 0 aromatic heterocycles. The summed E-state index contributed by atoms with van der Waals surface area (Å²) in [6, 6.07) is 8.09. The zero-order valence-corrected chi connectivity index (χ0v) is 11.4. The van der Waals surface area contributed by atoms with Crippen LogP contribution < -0.4 is 10.6 Å². The number of benzene rings is 1. The van der Waals surface area contributed by atoms with Gasteiger partial charge in [-0.2, -0.15) is 0 Å². The van der Waals surface area contributed by atoms with Gasteiger partial charge in [0.2, 0.25) is 5.91 Å². The molecule has 0 spiro atoms. The standard InChI is InChI=1S/C15H22N2O2/c1-19-11-14-6-4-13(5-7-14)9-17-15(18)10-16-8-12-2-3-12/h4-7,12,16H,2-3,8-11H2,1H3,(H,17,18). The first-order chi connectivity index (χ1) is 9.28. The molecule has 4 heteroatoms. The smallest absolute Gasteiger partial charge is 0.234 e. The Balaban J connectivity index is 1.64. The molecule has 0 saturated heterocycles. The van der Waals surface area contributed by atoms with Gasteiger partial charge in [0.05, 0.1) is 13.2 Å². The van der Waals surface area contributed by atoms with E-state index in [9.17, 15) is 4.79 Å². The number of rotatable bonds is 8. The van der Waals surface area contributed by atoms with Gasteiger partial charge in [-0.1, -0.05) is 24.3 Å². The monoisotopic (exact) mass is 262 g/mol. The van der Waals surface area contributed by atoms with Crippen LogP contribution in [-0.4, -0.2) is 26.1 Å². The molecular formula is C15H22N2O2. The summed E-state index contributed by atoms with van der Waals surface area (Å²) in [5, 5.41) is 6.09. The number of hydrogen-bond acceptors (Lipinski definition) is 3. The first kappa shape index (κ1) is 14.0. The van der Waals surface area contributed by atoms with Crippen molar-refractivity contribution in [3.8, 4) is 0 Å². The molecular weight excluding hydrogens is 240 g/mol. The van der Waals surface area contributed by atoms with E-state index in [2.05, 4.69) is 10.6 Å². The Hall–Kier alpha value is -1.39. The van der Waals surface area contributed by atoms with Crippen molar-refractivity contribution in [1.82, 2.24) is 10.6 Å². The maximum absolute atomic E-state index is 11.6. The molecule has 2 N–H and O–H groups in total. The molecule has 19 heavy (non-hydrogen) atoms. The van der Waals surface area contributed by atoms with Crippen LogP contribution >= 0.6 is 0 Å². The third-order valence-electron chi connectivity index (χ3n) is 3.24. The average molecular weight is 262 g/mol. The third-order valence-corrected chi connectivity index (χ3v) is 3.24. The van der Waals surface area contributed by atoms with Crippen molar-refractivity contribution < 1.29 is 9.53 Å². The lowest BCUT2D eigenvalue weighted by molar-refractivity contribution is -0.120. The lowest BCUT2D eigenvalue weighted by atomic mass is 10.1. The van der Waals surface area contributed by atoms with E-state index in [0.717, 1.165) is 23.6 Å². The second kappa shape index (κ2) is 7.26. The summed E-state index contributed by atoms with van der Waals surface area (Å²) in [5.41, 5.74) is 2.25. The van der Waals surface area contributed by atoms with Crippen LogP contribution in [0.2, 0.25) is 0 Å². The highest BCUT2D eigenvalue weighted by atomic mass is 16.5. The van der Waals surface area contributed by atoms with Gasteiger partial charge in [-0.05, 0) is 36.4 Å². The highest BCUT2D eigenvalue weighted by Gasteiger charge is 2.20. The zero-order valence-electron chi connectivity index (χ0n) is 11.4. The Kier molecular flexibility index (Phi) is 5.36. The Morgan fingerprint density at radius 1 is 1.26 bits per heavy atom. The fraction of sp³-hybridized carbons (Fsp3) is 0.533. The average Bonchev–Trinajstić information content (AvgIpc) is 3.22. The van der Waals surface area contributed by atoms with Crippen molar-refractivity contribution in [2.24, 2.45) is 5.92 Å². The van der Waals surface area contributed by atoms with E-state index < -0.39 is 0 Å². The summed E-state index contributed by atoms with van der Waals surface area (Å²) < 4.78 is 5.06. The fourth-order valence-electron chi connectivity index (χ4n) is 1.89. The van der Waals surface area contributed by atoms with Gasteiger partial charge in [-0.25, -0.2) is 0 Å². The SMILES string of the molecule is COCc1ccc(CNC(=O)CNCC2CC2)cc1. The molecule has 104 valence electrons. The maximum atomic E-state index is 11.6. The number of ether oxygens (including phenoxy) is 1. The van der Waals surface area contributed by atoms with Crippen LogP contribution in [0, 0.1) is 5.92 Å². The number of carbonyl (C=O) groups excluding carboxylic acids is 1. The fourth-order valence-corrected chi connectivity index (χ4v) is 1.89. The summed E-state index contributed by atoms with van der Waals surface area (Å²) in [4.78, 5) is 11.6. The summed E-state index contributed by atoms with van der Waals surface area (Å²) in [7, 11) is 1.68. The van der Waals surface area contributed by atoms with Gasteiger partial charge < -0.3 is 15.4 Å². The van der Waals surface area contributed by atoms with E-state index in [1.54, 1.807) is 7.11 Å². The number of amides is 1. The van der Waals surface area contributed by atoms with E-state index in [1.165, 1.54) is 12.8 Å². The van der Waals surface area contributed by atoms with E-state index in [1.807, 2.05) is 24.3 Å². The van der Waals surface area contributed by atoms with Gasteiger partial charge in [0.25, 0.3) is 0 Å². The molecule has 0 radical (unpaired) electrons. The van der Waals surface area contributed by atoms with E-state index in [-0.39, 0.29) is 5.91 Å². The zero-order chi connectivity index (χ0) is 13.5. The number of carbonyl (C=O) groups is 1. The molecule has 1 amide bonds. The highest BCUT2D eigenvalue weighted by molar-refractivity contribution is 5.77. The molecule has 1 fully saturated rings. The number of nitrogens with one attached hydrogen (secondary N) is 2. The van der Waals surface area contributed by atoms with Gasteiger partial charge in [0, 0.05) is 13.7 Å². The Morgan fingerprint density at radius 3 is 2.58 bits per heavy atom. The van der Waals surface area contributed by atoms with Crippen molar-refractivity contribution >= 4 is 5.91 Å². The summed E-state index contributed by atoms with van der Waals surface area (Å²) in [6.07, 6.45) is 2.62. The van der Waals surface area contributed by atoms with E-state index in [0.29, 0.717) is 19.7 Å². The van der Waals surface area contributed by atoms with Crippen molar-refractivity contribution in [3.63, 3.8) is 0 Å². The Bertz CT molecular complexity index is 399. The molecule has 1 saturated carbocycles. The quantitative estimate of drug-likeness (QED) is 0.745. The van der Waals surface area contributed by atoms with Crippen molar-refractivity contribution in [3.05, 3.63) is 35.4 Å². The molecule has 0 unspecified atom stereocenters. The highest BCUT2D eigenvalue weighted by Crippen LogP contribution is 2.27. The lowest BCUT2D eigenvalue weighted by Crippen LogP contribution is -2.34. The second-order valence-electron chi connectivity index (χ2n) is 5.10. The van der Waals surface area contributed by atoms with Crippen molar-refractivity contribution in [2.45, 2.75) is 26.0 Å². The molecule has 1 aliphatic rings. The first-order valence-electron chi connectivity index (χ1n) is 6.82. The minimum Gasteiger partial charge on any atom is -0.380 e. The van der Waals surface area contributed by atoms with Crippen LogP contribution in [0.3, 0.4) is 0 Å². The molecule has 1 aliphatic carbocycles. The van der Waals surface area contributed by atoms with Crippen molar-refractivity contribution in [2.75, 3.05) is 20.2 Å². The van der Waals surface area contributed by atoms with Crippen LogP contribution in [0.15, 0.2) is 24.3 Å². The van der Waals surface area contributed by atoms with Gasteiger partial charge in [0.1, 0.15) is 0 Å². The second-order valence-corrected chi connectivity index (χ2v) is 5.10. The molecule has 1 aromatic carbocycles. The first-order valence-corrected chi connectivity index (χ1v) is 6.82. The minimum atomic E-state index is 0.0571. The third kappa shape index (κ3) is 5.41. The Morgan fingerprint density at radius 2 is 1.95 bits per heavy atom. The summed E-state index contributed by atoms with van der Waals surface area (Å²) in [6.45, 7) is 2.59. The van der Waals surface area contributed by atoms with Gasteiger partial charge in [-0.3, -0.25) is 4.79 Å². The normalized spacial score (nSPS) is 14.4. The van der Waals surface area contributed by atoms with Crippen LogP contribution in [0.5, 0.6) is 0 Å². The largest absolute Gasteiger partial charge is 0.380 e. The summed E-state index contributed by atoms with van der Waals surface area (Å²) >= 11 is 0. The molecule has 1 aromatic rings. The molecule has 0 atom stereocenters. The molecule has 0 bridgehead atoms. The summed E-state index contributed by atoms with van der Waals surface area (Å²) in [5.74, 6) is 0.864. The molecule has 0 heterocycles. The lowest BCUT2D eigenvalue weighted by Gasteiger charge is -2.07. The van der Waals surface area contributed by atoms with Crippen LogP contribution in [0.25, 0.3) is 0 Å². The minimum absolute atomic E-state index is 0.0571. The maximum Gasteiger partial charge on any atom is 0.234 e. The Labute approximate surface area is 114 Å². The topological polar surface area (TPSA) is 50.4 Å². The molecule has 2 rings (SSSR count). The van der Waals surface area contributed by atoms with Crippen LogP contribution in [0.1, 0.15) is 24.0 Å². The molecule has 4 nitrogen and oxygen atoms in total. The number of hydrogen-bond donors (Lipinski definition) is 2. The van der Waals surface area contributed by atoms with E-state index in [4.69, 9.17) is 4.74 Å². The van der Waals surface area contributed by atoms with Gasteiger partial charge in [-0.15, -0.1) is 0 Å².